The number of piperazine rings is 1. The van der Waals surface area contributed by atoms with Gasteiger partial charge in [-0.2, -0.15) is 0 Å². The Kier molecular flexibility index (Phi) is 6.96. The lowest BCUT2D eigenvalue weighted by molar-refractivity contribution is 0.374. The molecule has 1 saturated heterocycles. The van der Waals surface area contributed by atoms with Gasteiger partial charge in [-0.05, 0) is 42.1 Å². The van der Waals surface area contributed by atoms with E-state index in [0.717, 1.165) is 26.2 Å². The molecule has 29 heavy (non-hydrogen) atoms. The van der Waals surface area contributed by atoms with Gasteiger partial charge in [0, 0.05) is 39.8 Å². The van der Waals surface area contributed by atoms with Crippen LogP contribution in [-0.2, 0) is 10.0 Å². The van der Waals surface area contributed by atoms with Crippen molar-refractivity contribution >= 4 is 38.0 Å². The lowest BCUT2D eigenvalue weighted by Crippen LogP contribution is -2.53. The Hall–Kier alpha value is -2.33. The lowest BCUT2D eigenvalue weighted by Gasteiger charge is -2.37. The molecule has 0 radical (unpaired) electrons. The zero-order valence-electron chi connectivity index (χ0n) is 16.6. The Morgan fingerprint density at radius 2 is 2.00 bits per heavy atom. The minimum atomic E-state index is -3.60. The van der Waals surface area contributed by atoms with Crippen LogP contribution in [-0.4, -0.2) is 64.8 Å². The van der Waals surface area contributed by atoms with Crippen molar-refractivity contribution in [3.63, 3.8) is 0 Å². The summed E-state index contributed by atoms with van der Waals surface area (Å²) in [4.78, 5) is 8.74. The van der Waals surface area contributed by atoms with Crippen LogP contribution < -0.4 is 14.9 Å². The van der Waals surface area contributed by atoms with Gasteiger partial charge in [0.2, 0.25) is 10.0 Å². The number of anilines is 2. The van der Waals surface area contributed by atoms with Crippen molar-refractivity contribution in [1.29, 1.82) is 0 Å². The summed E-state index contributed by atoms with van der Waals surface area (Å²) < 4.78 is 40.6. The Morgan fingerprint density at radius 1 is 1.24 bits per heavy atom. The molecule has 0 amide bonds. The third-order valence-corrected chi connectivity index (χ3v) is 6.93. The van der Waals surface area contributed by atoms with E-state index in [2.05, 4.69) is 36.3 Å². The highest BCUT2D eigenvalue weighted by Gasteiger charge is 2.20. The average Bonchev–Trinajstić information content (AvgIpc) is 3.23. The summed E-state index contributed by atoms with van der Waals surface area (Å²) >= 11 is 1.73. The first kappa shape index (κ1) is 21.4. The van der Waals surface area contributed by atoms with Crippen LogP contribution in [0, 0.1) is 12.7 Å². The maximum absolute atomic E-state index is 13.6. The summed E-state index contributed by atoms with van der Waals surface area (Å²) in [7, 11) is -1.91. The highest BCUT2D eigenvalue weighted by Crippen LogP contribution is 2.22. The number of halogens is 1. The van der Waals surface area contributed by atoms with Gasteiger partial charge in [0.05, 0.1) is 16.4 Å². The maximum Gasteiger partial charge on any atom is 0.234 e. The van der Waals surface area contributed by atoms with Crippen LogP contribution in [0.25, 0.3) is 0 Å². The number of aliphatic imine (C=N–C) groups is 1. The van der Waals surface area contributed by atoms with Gasteiger partial charge in [0.1, 0.15) is 5.82 Å². The van der Waals surface area contributed by atoms with Crippen LogP contribution in [0.5, 0.6) is 0 Å². The number of hydrogen-bond donors (Lipinski definition) is 2. The van der Waals surface area contributed by atoms with E-state index in [1.807, 2.05) is 6.07 Å². The summed E-state index contributed by atoms with van der Waals surface area (Å²) in [6, 6.07) is 8.45. The van der Waals surface area contributed by atoms with Gasteiger partial charge in [0.15, 0.2) is 5.96 Å². The number of rotatable bonds is 6. The molecule has 10 heteroatoms. The van der Waals surface area contributed by atoms with E-state index < -0.39 is 15.8 Å². The first-order valence-corrected chi connectivity index (χ1v) is 11.9. The summed E-state index contributed by atoms with van der Waals surface area (Å²) in [5.74, 6) is 0.106. The van der Waals surface area contributed by atoms with Crippen LogP contribution in [0.1, 0.15) is 5.56 Å². The van der Waals surface area contributed by atoms with Gasteiger partial charge in [-0.25, -0.2) is 12.8 Å². The van der Waals surface area contributed by atoms with Gasteiger partial charge >= 0.3 is 0 Å². The fourth-order valence-corrected chi connectivity index (χ4v) is 4.85. The summed E-state index contributed by atoms with van der Waals surface area (Å²) in [6.07, 6.45) is 0. The fraction of sp³-hybridized carbons (Fsp3) is 0.421. The van der Waals surface area contributed by atoms with E-state index in [1.54, 1.807) is 37.4 Å². The van der Waals surface area contributed by atoms with Crippen molar-refractivity contribution in [2.24, 2.45) is 4.99 Å². The maximum atomic E-state index is 13.6. The van der Waals surface area contributed by atoms with Crippen molar-refractivity contribution in [1.82, 2.24) is 10.2 Å². The van der Waals surface area contributed by atoms with Gasteiger partial charge in [0.25, 0.3) is 0 Å². The molecule has 0 spiro atoms. The van der Waals surface area contributed by atoms with Crippen LogP contribution in [0.4, 0.5) is 15.1 Å². The van der Waals surface area contributed by atoms with Crippen molar-refractivity contribution < 1.29 is 12.8 Å². The monoisotopic (exact) mass is 439 g/mol. The number of sulfonamides is 1. The Morgan fingerprint density at radius 3 is 2.62 bits per heavy atom. The summed E-state index contributed by atoms with van der Waals surface area (Å²) in [5.41, 5.74) is 0.694. The number of hydrogen-bond acceptors (Lipinski definition) is 5. The minimum absolute atomic E-state index is 0.142. The molecule has 0 aliphatic carbocycles. The molecule has 7 nitrogen and oxygen atoms in total. The Balaban J connectivity index is 1.47. The predicted octanol–water partition coefficient (Wildman–Crippen LogP) is 2.33. The van der Waals surface area contributed by atoms with Crippen molar-refractivity contribution in [3.8, 4) is 0 Å². The summed E-state index contributed by atoms with van der Waals surface area (Å²) in [5, 5.41) is 6.45. The van der Waals surface area contributed by atoms with Crippen LogP contribution in [0.15, 0.2) is 40.7 Å². The molecular formula is C19H26FN5O2S2. The molecule has 1 aromatic heterocycles. The van der Waals surface area contributed by atoms with E-state index in [0.29, 0.717) is 11.5 Å². The largest absolute Gasteiger partial charge is 0.360 e. The molecular weight excluding hydrogens is 413 g/mol. The molecule has 1 aliphatic heterocycles. The topological polar surface area (TPSA) is 77.0 Å². The molecule has 0 unspecified atom stereocenters. The highest BCUT2D eigenvalue weighted by atomic mass is 32.2. The Bertz CT molecular complexity index is 940. The van der Waals surface area contributed by atoms with Crippen LogP contribution in [0.3, 0.4) is 0 Å². The number of guanidine groups is 1. The van der Waals surface area contributed by atoms with E-state index in [1.165, 1.54) is 11.1 Å². The summed E-state index contributed by atoms with van der Waals surface area (Å²) in [6.45, 7) is 5.24. The third-order valence-electron chi connectivity index (χ3n) is 4.71. The van der Waals surface area contributed by atoms with Gasteiger partial charge in [-0.15, -0.1) is 11.3 Å². The second-order valence-electron chi connectivity index (χ2n) is 6.78. The zero-order valence-corrected chi connectivity index (χ0v) is 18.2. The van der Waals surface area contributed by atoms with E-state index in [9.17, 15) is 12.8 Å². The molecule has 0 bridgehead atoms. The molecule has 1 aliphatic rings. The molecule has 3 rings (SSSR count). The van der Waals surface area contributed by atoms with Crippen molar-refractivity contribution in [2.45, 2.75) is 6.92 Å². The van der Waals surface area contributed by atoms with Crippen LogP contribution in [0.2, 0.25) is 0 Å². The van der Waals surface area contributed by atoms with E-state index in [-0.39, 0.29) is 18.0 Å². The molecule has 0 atom stereocenters. The van der Waals surface area contributed by atoms with E-state index in [4.69, 9.17) is 0 Å². The average molecular weight is 440 g/mol. The number of thiophene rings is 1. The molecule has 0 saturated carbocycles. The molecule has 2 aromatic rings. The van der Waals surface area contributed by atoms with Crippen molar-refractivity contribution in [3.05, 3.63) is 47.1 Å². The van der Waals surface area contributed by atoms with Gasteiger partial charge in [-0.3, -0.25) is 9.71 Å². The molecule has 158 valence electrons. The fourth-order valence-electron chi connectivity index (χ4n) is 3.10. The first-order chi connectivity index (χ1) is 13.9. The lowest BCUT2D eigenvalue weighted by atomic mass is 10.2. The SMILES string of the molecule is CN=C(NCCS(=O)(=O)Nc1ccc(C)c(F)c1)N1CCN(c2cccs2)CC1. The zero-order chi connectivity index (χ0) is 20.9. The first-order valence-electron chi connectivity index (χ1n) is 9.38. The second kappa shape index (κ2) is 9.45. The Labute approximate surface area is 175 Å². The molecule has 1 aromatic carbocycles. The van der Waals surface area contributed by atoms with Crippen molar-refractivity contribution in [2.75, 3.05) is 55.1 Å². The molecule has 1 fully saturated rings. The number of nitrogens with one attached hydrogen (secondary N) is 2. The number of benzene rings is 1. The van der Waals surface area contributed by atoms with E-state index >= 15 is 0 Å². The number of aryl methyl sites for hydroxylation is 1. The second-order valence-corrected chi connectivity index (χ2v) is 9.55. The molecule has 2 heterocycles. The van der Waals surface area contributed by atoms with Crippen LogP contribution >= 0.6 is 11.3 Å². The predicted molar refractivity (Wildman–Crippen MR) is 118 cm³/mol. The smallest absolute Gasteiger partial charge is 0.234 e. The number of nitrogens with zero attached hydrogens (tertiary/aromatic N) is 3. The standard InChI is InChI=1S/C19H26FN5O2S2/c1-15-5-6-16(14-17(15)20)23-29(26,27)13-7-22-19(21-2)25-10-8-24(9-11-25)18-4-3-12-28-18/h3-6,12,14,23H,7-11,13H2,1-2H3,(H,21,22). The van der Waals surface area contributed by atoms with Gasteiger partial charge < -0.3 is 15.1 Å². The third kappa shape index (κ3) is 5.83. The highest BCUT2D eigenvalue weighted by molar-refractivity contribution is 7.92. The normalized spacial score (nSPS) is 15.5. The minimum Gasteiger partial charge on any atom is -0.360 e. The molecule has 2 N–H and O–H groups in total. The quantitative estimate of drug-likeness (QED) is 0.534. The van der Waals surface area contributed by atoms with Gasteiger partial charge in [-0.1, -0.05) is 6.07 Å².